The van der Waals surface area contributed by atoms with E-state index in [9.17, 15) is 4.79 Å². The molecule has 36 heavy (non-hydrogen) atoms. The van der Waals surface area contributed by atoms with Gasteiger partial charge in [-0.15, -0.1) is 0 Å². The smallest absolute Gasteiger partial charge is 0.257 e. The highest BCUT2D eigenvalue weighted by Gasteiger charge is 2.15. The lowest BCUT2D eigenvalue weighted by Gasteiger charge is -2.22. The van der Waals surface area contributed by atoms with E-state index in [4.69, 9.17) is 18.7 Å². The van der Waals surface area contributed by atoms with E-state index in [2.05, 4.69) is 15.5 Å². The number of oxime groups is 1. The van der Waals surface area contributed by atoms with Crippen molar-refractivity contribution in [3.05, 3.63) is 71.6 Å². The van der Waals surface area contributed by atoms with Crippen molar-refractivity contribution in [1.82, 2.24) is 10.3 Å². The molecule has 2 heterocycles. The first kappa shape index (κ1) is 25.4. The van der Waals surface area contributed by atoms with Crippen LogP contribution in [0.3, 0.4) is 0 Å². The summed E-state index contributed by atoms with van der Waals surface area (Å²) in [4.78, 5) is 22.3. The Balaban J connectivity index is 1.26. The maximum Gasteiger partial charge on any atom is 0.257 e. The molecule has 0 atom stereocenters. The number of nitrogens with one attached hydrogen (secondary N) is 1. The van der Waals surface area contributed by atoms with E-state index in [1.165, 1.54) is 0 Å². The maximum atomic E-state index is 12.1. The average molecular weight is 492 g/mol. The van der Waals surface area contributed by atoms with Gasteiger partial charge in [0.05, 0.1) is 5.71 Å². The van der Waals surface area contributed by atoms with Crippen LogP contribution in [-0.4, -0.2) is 43.0 Å². The molecular formula is C28H33N3O5. The fourth-order valence-electron chi connectivity index (χ4n) is 3.91. The van der Waals surface area contributed by atoms with Gasteiger partial charge in [0.1, 0.15) is 17.2 Å². The van der Waals surface area contributed by atoms with Gasteiger partial charge in [0.2, 0.25) is 5.89 Å². The van der Waals surface area contributed by atoms with Gasteiger partial charge in [-0.3, -0.25) is 4.79 Å². The number of nitrogens with zero attached hydrogens (tertiary/aromatic N) is 2. The molecule has 0 aliphatic carbocycles. The summed E-state index contributed by atoms with van der Waals surface area (Å²) >= 11 is 0. The van der Waals surface area contributed by atoms with Gasteiger partial charge in [-0.2, -0.15) is 0 Å². The highest BCUT2D eigenvalue weighted by Crippen LogP contribution is 2.22. The second kappa shape index (κ2) is 12.9. The van der Waals surface area contributed by atoms with Crippen LogP contribution in [0.4, 0.5) is 0 Å². The number of hydrogen-bond donors (Lipinski definition) is 1. The van der Waals surface area contributed by atoms with Gasteiger partial charge >= 0.3 is 0 Å². The number of carbonyl (C=O) groups excluding carboxylic acids is 1. The standard InChI is InChI=1S/C28H33N3O5/c1-3-25(31-35-18-26-20(2)36-28(30-26)23-7-5-4-6-8-23)22-9-11-24(12-10-22)34-19-27(32)29-17-21-13-15-33-16-14-21/h4-12,21H,3,13-19H2,1-2H3,(H,29,32). The van der Waals surface area contributed by atoms with Crippen LogP contribution in [0.25, 0.3) is 11.5 Å². The SMILES string of the molecule is CCC(=NOCc1nc(-c2ccccc2)oc1C)c1ccc(OCC(=O)NCC2CCOCC2)cc1. The number of rotatable bonds is 11. The van der Waals surface area contributed by atoms with Crippen LogP contribution < -0.4 is 10.1 Å². The van der Waals surface area contributed by atoms with Crippen molar-refractivity contribution >= 4 is 11.6 Å². The number of oxazole rings is 1. The van der Waals surface area contributed by atoms with Crippen LogP contribution in [0.5, 0.6) is 5.75 Å². The first-order chi connectivity index (χ1) is 17.6. The minimum absolute atomic E-state index is 0.0115. The van der Waals surface area contributed by atoms with Gasteiger partial charge in [0.25, 0.3) is 5.91 Å². The van der Waals surface area contributed by atoms with Crippen molar-refractivity contribution in [3.63, 3.8) is 0 Å². The second-order valence-electron chi connectivity index (χ2n) is 8.73. The summed E-state index contributed by atoms with van der Waals surface area (Å²) in [6.45, 7) is 6.30. The van der Waals surface area contributed by atoms with Crippen molar-refractivity contribution in [2.75, 3.05) is 26.4 Å². The van der Waals surface area contributed by atoms with E-state index in [1.807, 2.05) is 68.4 Å². The van der Waals surface area contributed by atoms with Gasteiger partial charge in [-0.1, -0.05) is 30.3 Å². The lowest BCUT2D eigenvalue weighted by Crippen LogP contribution is -2.35. The summed E-state index contributed by atoms with van der Waals surface area (Å²) in [5, 5.41) is 7.27. The number of carbonyl (C=O) groups is 1. The molecule has 1 aliphatic rings. The molecule has 4 rings (SSSR count). The summed E-state index contributed by atoms with van der Waals surface area (Å²) in [5.74, 6) is 2.27. The fraction of sp³-hybridized carbons (Fsp3) is 0.393. The Morgan fingerprint density at radius 3 is 2.58 bits per heavy atom. The molecule has 1 amide bonds. The van der Waals surface area contributed by atoms with E-state index in [0.717, 1.165) is 42.9 Å². The Kier molecular flexibility index (Phi) is 9.10. The third kappa shape index (κ3) is 7.18. The summed E-state index contributed by atoms with van der Waals surface area (Å²) in [5.41, 5.74) is 3.37. The molecule has 0 saturated carbocycles. The summed E-state index contributed by atoms with van der Waals surface area (Å²) in [6.07, 6.45) is 2.67. The zero-order chi connectivity index (χ0) is 25.2. The summed E-state index contributed by atoms with van der Waals surface area (Å²) < 4.78 is 16.8. The van der Waals surface area contributed by atoms with Crippen molar-refractivity contribution in [2.24, 2.45) is 11.1 Å². The van der Waals surface area contributed by atoms with E-state index in [1.54, 1.807) is 0 Å². The van der Waals surface area contributed by atoms with E-state index >= 15 is 0 Å². The van der Waals surface area contributed by atoms with Crippen LogP contribution in [0.15, 0.2) is 64.2 Å². The fourth-order valence-corrected chi connectivity index (χ4v) is 3.91. The lowest BCUT2D eigenvalue weighted by molar-refractivity contribution is -0.123. The number of aryl methyl sites for hydroxylation is 1. The van der Waals surface area contributed by atoms with Crippen molar-refractivity contribution in [1.29, 1.82) is 0 Å². The molecule has 0 bridgehead atoms. The monoisotopic (exact) mass is 491 g/mol. The van der Waals surface area contributed by atoms with Crippen LogP contribution in [0.2, 0.25) is 0 Å². The minimum atomic E-state index is -0.117. The number of amides is 1. The van der Waals surface area contributed by atoms with E-state index < -0.39 is 0 Å². The summed E-state index contributed by atoms with van der Waals surface area (Å²) in [7, 11) is 0. The van der Waals surface area contributed by atoms with E-state index in [0.29, 0.717) is 42.0 Å². The molecule has 190 valence electrons. The topological polar surface area (TPSA) is 95.2 Å². The number of ether oxygens (including phenoxy) is 2. The van der Waals surface area contributed by atoms with Gasteiger partial charge in [0, 0.05) is 25.3 Å². The highest BCUT2D eigenvalue weighted by atomic mass is 16.6. The normalized spacial score (nSPS) is 14.4. The van der Waals surface area contributed by atoms with Gasteiger partial charge < -0.3 is 24.0 Å². The molecule has 2 aromatic carbocycles. The average Bonchev–Trinajstić information content (AvgIpc) is 3.30. The Morgan fingerprint density at radius 2 is 1.86 bits per heavy atom. The Morgan fingerprint density at radius 1 is 1.11 bits per heavy atom. The molecule has 1 aromatic heterocycles. The zero-order valence-electron chi connectivity index (χ0n) is 20.9. The zero-order valence-corrected chi connectivity index (χ0v) is 20.9. The molecule has 3 aromatic rings. The predicted octanol–water partition coefficient (Wildman–Crippen LogP) is 4.90. The van der Waals surface area contributed by atoms with Crippen molar-refractivity contribution in [3.8, 4) is 17.2 Å². The molecule has 1 aliphatic heterocycles. The third-order valence-electron chi connectivity index (χ3n) is 6.11. The molecule has 0 unspecified atom stereocenters. The maximum absolute atomic E-state index is 12.1. The van der Waals surface area contributed by atoms with Crippen LogP contribution in [0.1, 0.15) is 43.2 Å². The Labute approximate surface area is 211 Å². The largest absolute Gasteiger partial charge is 0.484 e. The molecule has 1 N–H and O–H groups in total. The predicted molar refractivity (Wildman–Crippen MR) is 137 cm³/mol. The molecule has 0 spiro atoms. The minimum Gasteiger partial charge on any atom is -0.484 e. The summed E-state index contributed by atoms with van der Waals surface area (Å²) in [6, 6.07) is 17.2. The van der Waals surface area contributed by atoms with Gasteiger partial charge in [-0.25, -0.2) is 4.98 Å². The Hall–Kier alpha value is -3.65. The third-order valence-corrected chi connectivity index (χ3v) is 6.11. The molecule has 1 fully saturated rings. The number of benzene rings is 2. The molecule has 0 radical (unpaired) electrons. The van der Waals surface area contributed by atoms with Gasteiger partial charge in [0.15, 0.2) is 13.2 Å². The second-order valence-corrected chi connectivity index (χ2v) is 8.73. The lowest BCUT2D eigenvalue weighted by atomic mass is 10.0. The van der Waals surface area contributed by atoms with Crippen LogP contribution in [-0.2, 0) is 21.0 Å². The first-order valence-corrected chi connectivity index (χ1v) is 12.4. The van der Waals surface area contributed by atoms with Crippen molar-refractivity contribution < 1.29 is 23.5 Å². The van der Waals surface area contributed by atoms with Gasteiger partial charge in [-0.05, 0) is 74.1 Å². The quantitative estimate of drug-likeness (QED) is 0.303. The van der Waals surface area contributed by atoms with E-state index in [-0.39, 0.29) is 19.1 Å². The molecule has 8 heteroatoms. The first-order valence-electron chi connectivity index (χ1n) is 12.4. The molecule has 1 saturated heterocycles. The number of aromatic nitrogens is 1. The molecular weight excluding hydrogens is 458 g/mol. The van der Waals surface area contributed by atoms with Crippen LogP contribution >= 0.6 is 0 Å². The Bertz CT molecular complexity index is 1140. The molecule has 8 nitrogen and oxygen atoms in total. The van der Waals surface area contributed by atoms with Crippen molar-refractivity contribution in [2.45, 2.75) is 39.7 Å². The number of hydrogen-bond acceptors (Lipinski definition) is 7. The highest BCUT2D eigenvalue weighted by molar-refractivity contribution is 6.00. The van der Waals surface area contributed by atoms with Crippen LogP contribution in [0, 0.1) is 12.8 Å².